The number of Topliss-reactive ketones (excluding diaryl/α,β-unsaturated/α-hetero) is 4. The number of rotatable bonds is 16. The lowest BCUT2D eigenvalue weighted by Gasteiger charge is -2.13. The van der Waals surface area contributed by atoms with Gasteiger partial charge in [-0.15, -0.1) is 0 Å². The average molecular weight is 865 g/mol. The highest BCUT2D eigenvalue weighted by Crippen LogP contribution is 2.33. The van der Waals surface area contributed by atoms with Crippen molar-refractivity contribution in [3.8, 4) is 0 Å². The highest BCUT2D eigenvalue weighted by Gasteiger charge is 2.33. The maximum Gasteiger partial charge on any atom is 0.416 e. The Morgan fingerprint density at radius 1 is 0.677 bits per heavy atom. The summed E-state index contributed by atoms with van der Waals surface area (Å²) in [7, 11) is 3.88. The minimum atomic E-state index is -4.70. The normalized spacial score (nSPS) is 11.7. The second kappa shape index (κ2) is 25.1. The van der Waals surface area contributed by atoms with Gasteiger partial charge in [0.2, 0.25) is 0 Å². The zero-order chi connectivity index (χ0) is 47.3. The fourth-order valence-corrected chi connectivity index (χ4v) is 5.24. The Bertz CT molecular complexity index is 2240. The summed E-state index contributed by atoms with van der Waals surface area (Å²) in [6.07, 6.45) is -3.49. The molecule has 2 N–H and O–H groups in total. The molecule has 19 heteroatoms. The largest absolute Gasteiger partial charge is 0.416 e. The molecule has 0 spiro atoms. The van der Waals surface area contributed by atoms with E-state index in [0.29, 0.717) is 48.5 Å². The van der Waals surface area contributed by atoms with E-state index in [9.17, 15) is 71.8 Å². The number of alkyl halides is 3. The van der Waals surface area contributed by atoms with E-state index in [1.807, 2.05) is 43.3 Å². The molecule has 0 aliphatic rings. The zero-order valence-corrected chi connectivity index (χ0v) is 34.1. The highest BCUT2D eigenvalue weighted by molar-refractivity contribution is 5.99. The molecular weight excluding hydrogens is 821 g/mol. The number of nitro benzene ring substituents is 2. The summed E-state index contributed by atoms with van der Waals surface area (Å²) in [5.41, 5.74) is 6.43. The van der Waals surface area contributed by atoms with E-state index in [0.717, 1.165) is 17.3 Å². The summed E-state index contributed by atoms with van der Waals surface area (Å²) < 4.78 is 37.2. The molecule has 0 saturated carbocycles. The first-order chi connectivity index (χ1) is 29.0. The van der Waals surface area contributed by atoms with E-state index in [4.69, 9.17) is 5.73 Å². The Kier molecular flexibility index (Phi) is 21.3. The highest BCUT2D eigenvalue weighted by atomic mass is 19.4. The minimum absolute atomic E-state index is 0.123. The first-order valence-corrected chi connectivity index (χ1v) is 18.1. The Hall–Kier alpha value is -7.57. The molecule has 0 aromatic heterocycles. The quantitative estimate of drug-likeness (QED) is 0.0413. The standard InChI is InChI=1S/C12H15NO2.C11H8F3NO4.C10H9NO4.C10H11NO2/c1-9(15)12(8-14)10-4-6-11(7-5-10)13(2)3;12-11(13,14)8-2-1-7(5-9(17)3-4-16)10(6-8)15(18)19;1-7(13)9(6-12)8-4-2-3-5-10(8)11(14)15;1-7(13)10(6-12)8-2-4-9(11)5-3-8/h4-8,12H,1-3H3;1-2,4,6H,3,5H2;2-6,9H,1H3;2-6,10H,11H2,1H3. The summed E-state index contributed by atoms with van der Waals surface area (Å²) in [6, 6.07) is 21.8. The predicted octanol–water partition coefficient (Wildman–Crippen LogP) is 6.54. The van der Waals surface area contributed by atoms with Gasteiger partial charge in [-0.1, -0.05) is 48.5 Å². The molecule has 0 bridgehead atoms. The molecular formula is C43H43F3N4O12. The second-order valence-electron chi connectivity index (χ2n) is 13.3. The van der Waals surface area contributed by atoms with Crippen LogP contribution in [0, 0.1) is 20.2 Å². The number of nitro groups is 2. The number of nitrogens with two attached hydrogens (primary N) is 1. The van der Waals surface area contributed by atoms with Crippen molar-refractivity contribution < 1.29 is 61.4 Å². The van der Waals surface area contributed by atoms with Crippen molar-refractivity contribution in [1.29, 1.82) is 0 Å². The van der Waals surface area contributed by atoms with Crippen molar-refractivity contribution in [2.75, 3.05) is 24.7 Å². The van der Waals surface area contributed by atoms with E-state index in [2.05, 4.69) is 0 Å². The molecule has 0 saturated heterocycles. The van der Waals surface area contributed by atoms with Crippen LogP contribution in [0.15, 0.2) is 91.0 Å². The average Bonchev–Trinajstić information content (AvgIpc) is 3.20. The Labute approximate surface area is 353 Å². The number of nitrogen functional groups attached to an aromatic ring is 1. The number of aldehydes is 4. The number of para-hydroxylation sites is 1. The molecule has 16 nitrogen and oxygen atoms in total. The number of hydrogen-bond donors (Lipinski definition) is 1. The predicted molar refractivity (Wildman–Crippen MR) is 221 cm³/mol. The van der Waals surface area contributed by atoms with Crippen molar-refractivity contribution in [2.45, 2.75) is 57.5 Å². The molecule has 4 aromatic rings. The summed E-state index contributed by atoms with van der Waals surface area (Å²) in [6.45, 7) is 4.06. The van der Waals surface area contributed by atoms with Gasteiger partial charge in [0.05, 0.1) is 33.7 Å². The first-order valence-electron chi connectivity index (χ1n) is 18.1. The Morgan fingerprint density at radius 2 is 1.13 bits per heavy atom. The summed E-state index contributed by atoms with van der Waals surface area (Å²) in [4.78, 5) is 108. The number of carbonyl (C=O) groups excluding carboxylic acids is 8. The molecule has 3 unspecified atom stereocenters. The monoisotopic (exact) mass is 864 g/mol. The molecule has 0 radical (unpaired) electrons. The zero-order valence-electron chi connectivity index (χ0n) is 34.1. The number of halogens is 3. The van der Waals surface area contributed by atoms with Crippen LogP contribution in [0.3, 0.4) is 0 Å². The van der Waals surface area contributed by atoms with Gasteiger partial charge in [-0.3, -0.25) is 39.4 Å². The molecule has 0 aliphatic heterocycles. The molecule has 0 aliphatic carbocycles. The van der Waals surface area contributed by atoms with Crippen molar-refractivity contribution >= 4 is 71.0 Å². The van der Waals surface area contributed by atoms with Crippen LogP contribution in [-0.4, -0.2) is 72.2 Å². The van der Waals surface area contributed by atoms with E-state index in [-0.39, 0.29) is 28.4 Å². The lowest BCUT2D eigenvalue weighted by atomic mass is 9.95. The number of benzene rings is 4. The lowest BCUT2D eigenvalue weighted by molar-refractivity contribution is -0.385. The lowest BCUT2D eigenvalue weighted by Crippen LogP contribution is -2.12. The molecule has 4 rings (SSSR count). The Morgan fingerprint density at radius 3 is 1.52 bits per heavy atom. The summed E-state index contributed by atoms with van der Waals surface area (Å²) in [5, 5.41) is 21.3. The SMILES string of the molecule is CC(=O)C(C=O)c1ccc(N(C)C)cc1.CC(=O)C(C=O)c1ccc(N)cc1.CC(=O)C(C=O)c1ccccc1[N+](=O)[O-].O=CCC(=O)Cc1ccc(C(F)(F)F)cc1[N+](=O)[O-]. The van der Waals surface area contributed by atoms with Crippen LogP contribution >= 0.6 is 0 Å². The van der Waals surface area contributed by atoms with Crippen molar-refractivity contribution in [2.24, 2.45) is 0 Å². The Balaban J connectivity index is 0.000000417. The van der Waals surface area contributed by atoms with Gasteiger partial charge >= 0.3 is 6.18 Å². The topological polar surface area (TPSA) is 252 Å². The molecule has 3 atom stereocenters. The third kappa shape index (κ3) is 16.6. The van der Waals surface area contributed by atoms with Crippen LogP contribution in [0.1, 0.15) is 72.8 Å². The van der Waals surface area contributed by atoms with Crippen LogP contribution in [0.4, 0.5) is 35.9 Å². The van der Waals surface area contributed by atoms with Crippen molar-refractivity contribution in [3.63, 3.8) is 0 Å². The fraction of sp³-hybridized carbons (Fsp3) is 0.256. The third-order valence-corrected chi connectivity index (χ3v) is 8.56. The summed E-state index contributed by atoms with van der Waals surface area (Å²) >= 11 is 0. The van der Waals surface area contributed by atoms with Gasteiger partial charge in [0.15, 0.2) is 0 Å². The number of carbonyl (C=O) groups is 8. The van der Waals surface area contributed by atoms with Gasteiger partial charge in [-0.2, -0.15) is 13.2 Å². The van der Waals surface area contributed by atoms with Gasteiger partial charge in [0.25, 0.3) is 11.4 Å². The van der Waals surface area contributed by atoms with Crippen LogP contribution in [0.2, 0.25) is 0 Å². The fourth-order valence-electron chi connectivity index (χ4n) is 5.24. The number of ketones is 4. The number of nitrogens with zero attached hydrogens (tertiary/aromatic N) is 3. The van der Waals surface area contributed by atoms with Crippen LogP contribution < -0.4 is 10.6 Å². The van der Waals surface area contributed by atoms with Crippen molar-refractivity contribution in [3.05, 3.63) is 139 Å². The third-order valence-electron chi connectivity index (χ3n) is 8.56. The molecule has 0 amide bonds. The molecule has 4 aromatic carbocycles. The molecule has 328 valence electrons. The maximum atomic E-state index is 12.4. The van der Waals surface area contributed by atoms with Gasteiger partial charge in [-0.05, 0) is 62.2 Å². The molecule has 0 heterocycles. The van der Waals surface area contributed by atoms with Gasteiger partial charge in [0, 0.05) is 55.2 Å². The molecule has 0 fully saturated rings. The molecule has 62 heavy (non-hydrogen) atoms. The second-order valence-corrected chi connectivity index (χ2v) is 13.3. The smallest absolute Gasteiger partial charge is 0.399 e. The minimum Gasteiger partial charge on any atom is -0.399 e. The summed E-state index contributed by atoms with van der Waals surface area (Å²) in [5.74, 6) is -3.60. The first kappa shape index (κ1) is 52.4. The van der Waals surface area contributed by atoms with E-state index >= 15 is 0 Å². The van der Waals surface area contributed by atoms with Gasteiger partial charge in [-0.25, -0.2) is 0 Å². The van der Waals surface area contributed by atoms with Crippen molar-refractivity contribution in [1.82, 2.24) is 0 Å². The number of hydrogen-bond acceptors (Lipinski definition) is 14. The van der Waals surface area contributed by atoms with Gasteiger partial charge < -0.3 is 29.8 Å². The van der Waals surface area contributed by atoms with E-state index < -0.39 is 69.4 Å². The van der Waals surface area contributed by atoms with Crippen LogP contribution in [0.25, 0.3) is 0 Å². The van der Waals surface area contributed by atoms with Gasteiger partial charge in [0.1, 0.15) is 54.2 Å². The maximum absolute atomic E-state index is 12.4. The van der Waals surface area contributed by atoms with E-state index in [1.54, 1.807) is 30.3 Å². The number of anilines is 2. The van der Waals surface area contributed by atoms with E-state index in [1.165, 1.54) is 39.0 Å². The van der Waals surface area contributed by atoms with Crippen LogP contribution in [-0.2, 0) is 51.0 Å². The van der Waals surface area contributed by atoms with Crippen LogP contribution in [0.5, 0.6) is 0 Å².